The van der Waals surface area contributed by atoms with Gasteiger partial charge in [-0.05, 0) is 48.7 Å². The van der Waals surface area contributed by atoms with E-state index in [9.17, 15) is 9.59 Å². The van der Waals surface area contributed by atoms with Crippen LogP contribution in [0, 0.1) is 6.92 Å². The third kappa shape index (κ3) is 3.85. The molecule has 5 nitrogen and oxygen atoms in total. The first-order valence-electron chi connectivity index (χ1n) is 6.98. The van der Waals surface area contributed by atoms with Crippen LogP contribution in [0.1, 0.15) is 28.4 Å². The van der Waals surface area contributed by atoms with E-state index in [1.165, 1.54) is 6.07 Å². The van der Waals surface area contributed by atoms with E-state index in [4.69, 9.17) is 10.5 Å². The van der Waals surface area contributed by atoms with Crippen molar-refractivity contribution in [3.8, 4) is 5.75 Å². The summed E-state index contributed by atoms with van der Waals surface area (Å²) in [5, 5.41) is 2.43. The fourth-order valence-corrected chi connectivity index (χ4v) is 2.07. The Balaban J connectivity index is 2.22. The van der Waals surface area contributed by atoms with Gasteiger partial charge in [-0.3, -0.25) is 0 Å². The summed E-state index contributed by atoms with van der Waals surface area (Å²) in [6.45, 7) is 3.94. The summed E-state index contributed by atoms with van der Waals surface area (Å²) >= 11 is 0. The first-order chi connectivity index (χ1) is 10.5. The number of nitrogens with one attached hydrogen (secondary N) is 1. The number of carbonyl (C=O) groups excluding carboxylic acids is 2. The molecule has 0 saturated heterocycles. The number of nitrogens with two attached hydrogens (primary N) is 1. The number of urea groups is 1. The molecule has 2 rings (SSSR count). The molecule has 0 spiro atoms. The molecule has 0 radical (unpaired) electrons. The van der Waals surface area contributed by atoms with Gasteiger partial charge in [0.05, 0.1) is 5.56 Å². The quantitative estimate of drug-likeness (QED) is 0.671. The van der Waals surface area contributed by atoms with Crippen LogP contribution < -0.4 is 15.8 Å². The van der Waals surface area contributed by atoms with E-state index in [1.54, 1.807) is 18.2 Å². The molecule has 0 saturated carbocycles. The molecule has 2 amide bonds. The van der Waals surface area contributed by atoms with Gasteiger partial charge in [-0.25, -0.2) is 9.59 Å². The minimum Gasteiger partial charge on any atom is -0.423 e. The smallest absolute Gasteiger partial charge is 0.343 e. The van der Waals surface area contributed by atoms with Gasteiger partial charge in [-0.15, -0.1) is 0 Å². The number of primary amides is 1. The average Bonchev–Trinajstić information content (AvgIpc) is 2.47. The van der Waals surface area contributed by atoms with Crippen LogP contribution in [-0.4, -0.2) is 12.0 Å². The van der Waals surface area contributed by atoms with Crippen LogP contribution in [0.4, 0.5) is 10.5 Å². The molecule has 2 aromatic carbocycles. The van der Waals surface area contributed by atoms with Crippen molar-refractivity contribution in [1.82, 2.24) is 0 Å². The maximum atomic E-state index is 12.3. The van der Waals surface area contributed by atoms with Crippen LogP contribution in [0.15, 0.2) is 42.5 Å². The molecule has 5 heteroatoms. The molecule has 0 atom stereocenters. The predicted molar refractivity (Wildman–Crippen MR) is 85.2 cm³/mol. The molecular formula is C17H18N2O3. The van der Waals surface area contributed by atoms with Crippen molar-refractivity contribution >= 4 is 17.7 Å². The van der Waals surface area contributed by atoms with Crippen molar-refractivity contribution in [1.29, 1.82) is 0 Å². The van der Waals surface area contributed by atoms with E-state index in [-0.39, 0.29) is 0 Å². The van der Waals surface area contributed by atoms with Crippen molar-refractivity contribution in [2.75, 3.05) is 5.32 Å². The minimum absolute atomic E-state index is 0.342. The Morgan fingerprint density at radius 2 is 1.95 bits per heavy atom. The van der Waals surface area contributed by atoms with Crippen LogP contribution in [0.3, 0.4) is 0 Å². The molecule has 0 aliphatic carbocycles. The fourth-order valence-electron chi connectivity index (χ4n) is 2.07. The Hall–Kier alpha value is -2.82. The normalized spacial score (nSPS) is 10.1. The van der Waals surface area contributed by atoms with E-state index >= 15 is 0 Å². The molecule has 2 aromatic rings. The molecule has 0 heterocycles. The zero-order valence-corrected chi connectivity index (χ0v) is 12.6. The summed E-state index contributed by atoms with van der Waals surface area (Å²) in [4.78, 5) is 23.1. The Kier molecular flexibility index (Phi) is 4.78. The molecule has 0 bridgehead atoms. The summed E-state index contributed by atoms with van der Waals surface area (Å²) in [5.41, 5.74) is 7.83. The number of carbonyl (C=O) groups is 2. The molecule has 0 aromatic heterocycles. The van der Waals surface area contributed by atoms with Gasteiger partial charge >= 0.3 is 12.0 Å². The number of amides is 2. The Morgan fingerprint density at radius 3 is 2.64 bits per heavy atom. The van der Waals surface area contributed by atoms with Crippen LogP contribution in [0.25, 0.3) is 0 Å². The van der Waals surface area contributed by atoms with Crippen molar-refractivity contribution in [3.05, 3.63) is 59.2 Å². The van der Waals surface area contributed by atoms with E-state index in [1.807, 2.05) is 32.0 Å². The maximum Gasteiger partial charge on any atom is 0.343 e. The Bertz CT molecular complexity index is 711. The average molecular weight is 298 g/mol. The number of hydrogen-bond acceptors (Lipinski definition) is 3. The zero-order chi connectivity index (χ0) is 16.1. The number of aryl methyl sites for hydroxylation is 2. The van der Waals surface area contributed by atoms with Crippen molar-refractivity contribution < 1.29 is 14.3 Å². The topological polar surface area (TPSA) is 81.4 Å². The number of benzene rings is 2. The zero-order valence-electron chi connectivity index (χ0n) is 12.6. The summed E-state index contributed by atoms with van der Waals surface area (Å²) in [6, 6.07) is 11.5. The highest BCUT2D eigenvalue weighted by atomic mass is 16.5. The van der Waals surface area contributed by atoms with Gasteiger partial charge in [0.1, 0.15) is 5.75 Å². The first kappa shape index (κ1) is 15.6. The summed E-state index contributed by atoms with van der Waals surface area (Å²) < 4.78 is 5.48. The third-order valence-electron chi connectivity index (χ3n) is 3.17. The highest BCUT2D eigenvalue weighted by Crippen LogP contribution is 2.22. The highest BCUT2D eigenvalue weighted by Gasteiger charge is 2.12. The van der Waals surface area contributed by atoms with E-state index in [0.29, 0.717) is 17.0 Å². The second-order valence-electron chi connectivity index (χ2n) is 4.92. The Morgan fingerprint density at radius 1 is 1.18 bits per heavy atom. The SMILES string of the molecule is CCc1ccc(C)cc1OC(=O)c1cccc(NC(N)=O)c1. The molecular weight excluding hydrogens is 280 g/mol. The molecule has 3 N–H and O–H groups in total. The minimum atomic E-state index is -0.683. The predicted octanol–water partition coefficient (Wildman–Crippen LogP) is 3.27. The lowest BCUT2D eigenvalue weighted by Crippen LogP contribution is -2.19. The lowest BCUT2D eigenvalue weighted by atomic mass is 10.1. The van der Waals surface area contributed by atoms with Crippen LogP contribution in [-0.2, 0) is 6.42 Å². The van der Waals surface area contributed by atoms with Gasteiger partial charge in [0.15, 0.2) is 0 Å². The van der Waals surface area contributed by atoms with Gasteiger partial charge < -0.3 is 15.8 Å². The largest absolute Gasteiger partial charge is 0.423 e. The lowest BCUT2D eigenvalue weighted by Gasteiger charge is -2.10. The number of esters is 1. The summed E-state index contributed by atoms with van der Waals surface area (Å²) in [6.07, 6.45) is 0.770. The first-order valence-corrected chi connectivity index (χ1v) is 6.98. The maximum absolute atomic E-state index is 12.3. The molecule has 0 aliphatic heterocycles. The monoisotopic (exact) mass is 298 g/mol. The third-order valence-corrected chi connectivity index (χ3v) is 3.17. The van der Waals surface area contributed by atoms with Gasteiger partial charge in [0.2, 0.25) is 0 Å². The van der Waals surface area contributed by atoms with Crippen molar-refractivity contribution in [3.63, 3.8) is 0 Å². The van der Waals surface area contributed by atoms with Crippen LogP contribution in [0.2, 0.25) is 0 Å². The van der Waals surface area contributed by atoms with Gasteiger partial charge in [0.25, 0.3) is 0 Å². The number of rotatable bonds is 4. The van der Waals surface area contributed by atoms with E-state index in [0.717, 1.165) is 17.5 Å². The van der Waals surface area contributed by atoms with E-state index < -0.39 is 12.0 Å². The molecule has 0 unspecified atom stereocenters. The fraction of sp³-hybridized carbons (Fsp3) is 0.176. The number of ether oxygens (including phenoxy) is 1. The van der Waals surface area contributed by atoms with Crippen LogP contribution >= 0.6 is 0 Å². The second-order valence-corrected chi connectivity index (χ2v) is 4.92. The molecule has 0 aliphatic rings. The summed E-state index contributed by atoms with van der Waals surface area (Å²) in [7, 11) is 0. The molecule has 22 heavy (non-hydrogen) atoms. The second kappa shape index (κ2) is 6.76. The van der Waals surface area contributed by atoms with Crippen molar-refractivity contribution in [2.45, 2.75) is 20.3 Å². The van der Waals surface area contributed by atoms with Crippen molar-refractivity contribution in [2.24, 2.45) is 5.73 Å². The lowest BCUT2D eigenvalue weighted by molar-refractivity contribution is 0.0733. The molecule has 0 fully saturated rings. The van der Waals surface area contributed by atoms with Gasteiger partial charge in [0, 0.05) is 5.69 Å². The highest BCUT2D eigenvalue weighted by molar-refractivity contribution is 5.94. The van der Waals surface area contributed by atoms with Gasteiger partial charge in [-0.1, -0.05) is 25.1 Å². The number of hydrogen-bond donors (Lipinski definition) is 2. The van der Waals surface area contributed by atoms with E-state index in [2.05, 4.69) is 5.32 Å². The summed E-state index contributed by atoms with van der Waals surface area (Å²) in [5.74, 6) is 0.0779. The number of anilines is 1. The standard InChI is InChI=1S/C17H18N2O3/c1-3-12-8-7-11(2)9-15(12)22-16(20)13-5-4-6-14(10-13)19-17(18)21/h4-10H,3H2,1-2H3,(H3,18,19,21). The molecule has 114 valence electrons. The van der Waals surface area contributed by atoms with Crippen LogP contribution in [0.5, 0.6) is 5.75 Å². The Labute approximate surface area is 129 Å². The van der Waals surface area contributed by atoms with Gasteiger partial charge in [-0.2, -0.15) is 0 Å².